The molecule has 2 nitrogen and oxygen atoms in total. The third-order valence-corrected chi connectivity index (χ3v) is 4.70. The number of nitrogens with zero attached hydrogens (tertiary/aromatic N) is 2. The largest absolute Gasteiger partial charge is 0.143 e. The highest BCUT2D eigenvalue weighted by Gasteiger charge is 2.32. The second kappa shape index (κ2) is 4.15. The fourth-order valence-electron chi connectivity index (χ4n) is 2.10. The minimum Gasteiger partial charge on any atom is -0.143 e. The van der Waals surface area contributed by atoms with E-state index in [-0.39, 0.29) is 5.41 Å². The SMILES string of the molecule is CC1(c2nnc(CCl)s2)CCCCC1. The van der Waals surface area contributed by atoms with Crippen LogP contribution < -0.4 is 0 Å². The second-order valence-corrected chi connectivity index (χ2v) is 5.59. The van der Waals surface area contributed by atoms with Gasteiger partial charge in [0.1, 0.15) is 10.0 Å². The van der Waals surface area contributed by atoms with Crippen molar-refractivity contribution in [3.05, 3.63) is 10.0 Å². The fraction of sp³-hybridized carbons (Fsp3) is 0.800. The molecule has 78 valence electrons. The summed E-state index contributed by atoms with van der Waals surface area (Å²) < 4.78 is 0. The summed E-state index contributed by atoms with van der Waals surface area (Å²) in [6.07, 6.45) is 6.53. The highest BCUT2D eigenvalue weighted by atomic mass is 35.5. The zero-order valence-corrected chi connectivity index (χ0v) is 10.00. The van der Waals surface area contributed by atoms with Gasteiger partial charge in [-0.2, -0.15) is 0 Å². The molecule has 0 aliphatic heterocycles. The third-order valence-electron chi connectivity index (χ3n) is 3.05. The van der Waals surface area contributed by atoms with Gasteiger partial charge in [-0.1, -0.05) is 37.5 Å². The Hall–Kier alpha value is -0.150. The first-order valence-corrected chi connectivity index (χ1v) is 6.48. The van der Waals surface area contributed by atoms with E-state index in [0.717, 1.165) is 5.01 Å². The van der Waals surface area contributed by atoms with Crippen molar-refractivity contribution >= 4 is 22.9 Å². The van der Waals surface area contributed by atoms with E-state index < -0.39 is 0 Å². The second-order valence-electron chi connectivity index (χ2n) is 4.26. The van der Waals surface area contributed by atoms with Crippen molar-refractivity contribution in [3.63, 3.8) is 0 Å². The van der Waals surface area contributed by atoms with Crippen LogP contribution in [0.15, 0.2) is 0 Å². The first-order valence-electron chi connectivity index (χ1n) is 5.13. The number of hydrogen-bond donors (Lipinski definition) is 0. The molecule has 1 fully saturated rings. The van der Waals surface area contributed by atoms with Gasteiger partial charge in [0.15, 0.2) is 0 Å². The molecule has 0 bridgehead atoms. The van der Waals surface area contributed by atoms with Gasteiger partial charge in [-0.25, -0.2) is 0 Å². The van der Waals surface area contributed by atoms with Crippen molar-refractivity contribution in [2.75, 3.05) is 0 Å². The lowest BCUT2D eigenvalue weighted by molar-refractivity contribution is 0.317. The van der Waals surface area contributed by atoms with Crippen LogP contribution in [0.2, 0.25) is 0 Å². The summed E-state index contributed by atoms with van der Waals surface area (Å²) in [6.45, 7) is 2.31. The minimum absolute atomic E-state index is 0.278. The highest BCUT2D eigenvalue weighted by molar-refractivity contribution is 7.11. The lowest BCUT2D eigenvalue weighted by Gasteiger charge is -2.30. The summed E-state index contributed by atoms with van der Waals surface area (Å²) in [4.78, 5) is 0. The van der Waals surface area contributed by atoms with Crippen molar-refractivity contribution in [2.24, 2.45) is 0 Å². The van der Waals surface area contributed by atoms with Gasteiger partial charge in [-0.3, -0.25) is 0 Å². The molecule has 2 rings (SSSR count). The van der Waals surface area contributed by atoms with E-state index in [0.29, 0.717) is 5.88 Å². The Kier molecular flexibility index (Phi) is 3.07. The monoisotopic (exact) mass is 230 g/mol. The maximum absolute atomic E-state index is 5.73. The minimum atomic E-state index is 0.278. The van der Waals surface area contributed by atoms with Gasteiger partial charge in [0.2, 0.25) is 0 Å². The number of aromatic nitrogens is 2. The van der Waals surface area contributed by atoms with Gasteiger partial charge in [-0.15, -0.1) is 21.8 Å². The van der Waals surface area contributed by atoms with Crippen LogP contribution in [0.25, 0.3) is 0 Å². The van der Waals surface area contributed by atoms with E-state index in [1.54, 1.807) is 11.3 Å². The number of hydrogen-bond acceptors (Lipinski definition) is 3. The molecule has 0 unspecified atom stereocenters. The van der Waals surface area contributed by atoms with Crippen molar-refractivity contribution in [2.45, 2.75) is 50.3 Å². The van der Waals surface area contributed by atoms with Crippen LogP contribution in [0.1, 0.15) is 49.0 Å². The van der Waals surface area contributed by atoms with Crippen molar-refractivity contribution < 1.29 is 0 Å². The Balaban J connectivity index is 2.19. The zero-order chi connectivity index (χ0) is 10.0. The molecule has 0 saturated heterocycles. The quantitative estimate of drug-likeness (QED) is 0.727. The molecular formula is C10H15ClN2S. The van der Waals surface area contributed by atoms with Gasteiger partial charge in [-0.05, 0) is 12.8 Å². The molecular weight excluding hydrogens is 216 g/mol. The van der Waals surface area contributed by atoms with Gasteiger partial charge in [0, 0.05) is 5.41 Å². The molecule has 1 aromatic heterocycles. The molecule has 0 atom stereocenters. The third kappa shape index (κ3) is 1.94. The van der Waals surface area contributed by atoms with Crippen LogP contribution in [0.4, 0.5) is 0 Å². The zero-order valence-electron chi connectivity index (χ0n) is 8.42. The summed E-state index contributed by atoms with van der Waals surface area (Å²) in [6, 6.07) is 0. The van der Waals surface area contributed by atoms with Crippen LogP contribution in [0, 0.1) is 0 Å². The number of rotatable bonds is 2. The molecule has 0 N–H and O–H groups in total. The lowest BCUT2D eigenvalue weighted by atomic mass is 9.76. The van der Waals surface area contributed by atoms with E-state index in [9.17, 15) is 0 Å². The van der Waals surface area contributed by atoms with Crippen LogP contribution >= 0.6 is 22.9 Å². The van der Waals surface area contributed by atoms with Gasteiger partial charge in [0.25, 0.3) is 0 Å². The van der Waals surface area contributed by atoms with Gasteiger partial charge in [0.05, 0.1) is 5.88 Å². The first-order chi connectivity index (χ1) is 6.74. The van der Waals surface area contributed by atoms with Crippen LogP contribution in [0.3, 0.4) is 0 Å². The van der Waals surface area contributed by atoms with Gasteiger partial charge < -0.3 is 0 Å². The Morgan fingerprint density at radius 1 is 1.29 bits per heavy atom. The topological polar surface area (TPSA) is 25.8 Å². The Morgan fingerprint density at radius 2 is 2.00 bits per heavy atom. The van der Waals surface area contributed by atoms with Crippen LogP contribution in [-0.2, 0) is 11.3 Å². The molecule has 4 heteroatoms. The smallest absolute Gasteiger partial charge is 0.132 e. The molecule has 1 saturated carbocycles. The van der Waals surface area contributed by atoms with E-state index >= 15 is 0 Å². The highest BCUT2D eigenvalue weighted by Crippen LogP contribution is 2.40. The maximum Gasteiger partial charge on any atom is 0.132 e. The van der Waals surface area contributed by atoms with E-state index in [4.69, 9.17) is 11.6 Å². The normalized spacial score (nSPS) is 21.0. The van der Waals surface area contributed by atoms with Crippen molar-refractivity contribution in [1.29, 1.82) is 0 Å². The molecule has 1 aliphatic rings. The molecule has 1 heterocycles. The van der Waals surface area contributed by atoms with E-state index in [1.807, 2.05) is 0 Å². The summed E-state index contributed by atoms with van der Waals surface area (Å²) in [5, 5.41) is 10.5. The number of halogens is 1. The molecule has 0 radical (unpaired) electrons. The predicted octanol–water partition coefficient (Wildman–Crippen LogP) is 3.50. The Labute approximate surface area is 93.7 Å². The standard InChI is InChI=1S/C10H15ClN2S/c1-10(5-3-2-4-6-10)9-13-12-8(7-11)14-9/h2-7H2,1H3. The fourth-order valence-corrected chi connectivity index (χ4v) is 3.21. The lowest BCUT2D eigenvalue weighted by Crippen LogP contribution is -2.24. The summed E-state index contributed by atoms with van der Waals surface area (Å²) in [7, 11) is 0. The molecule has 0 amide bonds. The molecule has 1 aliphatic carbocycles. The average molecular weight is 231 g/mol. The van der Waals surface area contributed by atoms with E-state index in [2.05, 4.69) is 17.1 Å². The Morgan fingerprint density at radius 3 is 2.57 bits per heavy atom. The molecule has 0 spiro atoms. The predicted molar refractivity (Wildman–Crippen MR) is 59.9 cm³/mol. The first kappa shape index (κ1) is 10.4. The van der Waals surface area contributed by atoms with E-state index in [1.165, 1.54) is 37.1 Å². The Bertz CT molecular complexity index is 305. The molecule has 0 aromatic carbocycles. The van der Waals surface area contributed by atoms with Crippen molar-refractivity contribution in [1.82, 2.24) is 10.2 Å². The average Bonchev–Trinajstić information content (AvgIpc) is 2.67. The summed E-state index contributed by atoms with van der Waals surface area (Å²) >= 11 is 7.42. The molecule has 14 heavy (non-hydrogen) atoms. The van der Waals surface area contributed by atoms with Gasteiger partial charge >= 0.3 is 0 Å². The molecule has 1 aromatic rings. The van der Waals surface area contributed by atoms with Crippen molar-refractivity contribution in [3.8, 4) is 0 Å². The number of alkyl halides is 1. The van der Waals surface area contributed by atoms with Crippen LogP contribution in [0.5, 0.6) is 0 Å². The summed E-state index contributed by atoms with van der Waals surface area (Å²) in [5.41, 5.74) is 0.278. The summed E-state index contributed by atoms with van der Waals surface area (Å²) in [5.74, 6) is 0.494. The van der Waals surface area contributed by atoms with Crippen LogP contribution in [-0.4, -0.2) is 10.2 Å². The maximum atomic E-state index is 5.73.